The first-order valence-electron chi connectivity index (χ1n) is 6.33. The molecule has 1 rings (SSSR count). The van der Waals surface area contributed by atoms with Gasteiger partial charge < -0.3 is 10.1 Å². The van der Waals surface area contributed by atoms with Crippen LogP contribution in [-0.2, 0) is 5.41 Å². The van der Waals surface area contributed by atoms with E-state index in [1.165, 1.54) is 5.56 Å². The summed E-state index contributed by atoms with van der Waals surface area (Å²) in [5, 5.41) is 3.50. The third-order valence-electron chi connectivity index (χ3n) is 3.08. The van der Waals surface area contributed by atoms with Crippen molar-refractivity contribution in [3.63, 3.8) is 0 Å². The van der Waals surface area contributed by atoms with E-state index in [9.17, 15) is 0 Å². The van der Waals surface area contributed by atoms with Crippen molar-refractivity contribution in [1.29, 1.82) is 0 Å². The van der Waals surface area contributed by atoms with E-state index in [0.29, 0.717) is 6.04 Å². The number of benzene rings is 1. The van der Waals surface area contributed by atoms with Gasteiger partial charge >= 0.3 is 0 Å². The fourth-order valence-corrected chi connectivity index (χ4v) is 1.65. The van der Waals surface area contributed by atoms with Crippen LogP contribution in [0.5, 0.6) is 5.75 Å². The molecule has 2 heteroatoms. The van der Waals surface area contributed by atoms with Gasteiger partial charge in [0.2, 0.25) is 0 Å². The van der Waals surface area contributed by atoms with E-state index in [1.807, 2.05) is 6.07 Å². The van der Waals surface area contributed by atoms with Crippen LogP contribution in [0.3, 0.4) is 0 Å². The fraction of sp³-hybridized carbons (Fsp3) is 0.600. The molecule has 1 aromatic rings. The van der Waals surface area contributed by atoms with Crippen molar-refractivity contribution in [3.05, 3.63) is 23.8 Å². The summed E-state index contributed by atoms with van der Waals surface area (Å²) >= 11 is 0. The second-order valence-electron chi connectivity index (χ2n) is 5.62. The number of hydrogen-bond donors (Lipinski definition) is 1. The van der Waals surface area contributed by atoms with Crippen molar-refractivity contribution < 1.29 is 4.74 Å². The average molecular weight is 235 g/mol. The maximum atomic E-state index is 5.40. The first-order valence-corrected chi connectivity index (χ1v) is 6.33. The maximum absolute atomic E-state index is 5.40. The number of nitrogens with one attached hydrogen (secondary N) is 1. The molecule has 1 N–H and O–H groups in total. The number of ether oxygens (including phenoxy) is 1. The minimum atomic E-state index is 0.165. The van der Waals surface area contributed by atoms with Gasteiger partial charge in [0.1, 0.15) is 5.75 Å². The average Bonchev–Trinajstić information content (AvgIpc) is 2.27. The second kappa shape index (κ2) is 5.44. The first-order chi connectivity index (χ1) is 7.88. The smallest absolute Gasteiger partial charge is 0.141 e. The van der Waals surface area contributed by atoms with E-state index in [0.717, 1.165) is 17.9 Å². The Morgan fingerprint density at radius 3 is 2.41 bits per heavy atom. The van der Waals surface area contributed by atoms with Crippen LogP contribution in [0.15, 0.2) is 18.2 Å². The molecule has 0 saturated heterocycles. The van der Waals surface area contributed by atoms with Gasteiger partial charge in [0.15, 0.2) is 0 Å². The summed E-state index contributed by atoms with van der Waals surface area (Å²) in [6.07, 6.45) is 1.10. The lowest BCUT2D eigenvalue weighted by Gasteiger charge is -2.23. The molecule has 0 saturated carbocycles. The minimum absolute atomic E-state index is 0.165. The molecule has 0 heterocycles. The van der Waals surface area contributed by atoms with Gasteiger partial charge in [-0.3, -0.25) is 0 Å². The molecule has 0 radical (unpaired) electrons. The monoisotopic (exact) mass is 235 g/mol. The van der Waals surface area contributed by atoms with Gasteiger partial charge in [-0.1, -0.05) is 33.8 Å². The van der Waals surface area contributed by atoms with Crippen LogP contribution in [0.25, 0.3) is 0 Å². The Morgan fingerprint density at radius 2 is 1.94 bits per heavy atom. The van der Waals surface area contributed by atoms with E-state index in [4.69, 9.17) is 4.74 Å². The molecular weight excluding hydrogens is 210 g/mol. The molecule has 0 bridgehead atoms. The van der Waals surface area contributed by atoms with Crippen molar-refractivity contribution in [2.45, 2.75) is 52.5 Å². The molecule has 0 aliphatic heterocycles. The molecule has 0 aliphatic carbocycles. The number of rotatable bonds is 4. The Hall–Kier alpha value is -1.18. The molecule has 96 valence electrons. The predicted octanol–water partition coefficient (Wildman–Crippen LogP) is 4.20. The summed E-state index contributed by atoms with van der Waals surface area (Å²) in [6.45, 7) is 11.0. The highest BCUT2D eigenvalue weighted by molar-refractivity contribution is 5.59. The van der Waals surface area contributed by atoms with E-state index >= 15 is 0 Å². The van der Waals surface area contributed by atoms with Crippen LogP contribution >= 0.6 is 0 Å². The lowest BCUT2D eigenvalue weighted by Crippen LogP contribution is -2.16. The third-order valence-corrected chi connectivity index (χ3v) is 3.08. The molecule has 0 fully saturated rings. The zero-order valence-corrected chi connectivity index (χ0v) is 11.9. The summed E-state index contributed by atoms with van der Waals surface area (Å²) in [5.41, 5.74) is 2.58. The maximum Gasteiger partial charge on any atom is 0.141 e. The highest BCUT2D eigenvalue weighted by Gasteiger charge is 2.16. The van der Waals surface area contributed by atoms with Crippen molar-refractivity contribution in [1.82, 2.24) is 0 Å². The van der Waals surface area contributed by atoms with Crippen molar-refractivity contribution in [2.75, 3.05) is 12.4 Å². The van der Waals surface area contributed by atoms with Gasteiger partial charge in [-0.15, -0.1) is 0 Å². The molecule has 0 spiro atoms. The van der Waals surface area contributed by atoms with Crippen LogP contribution in [0.4, 0.5) is 5.69 Å². The zero-order valence-electron chi connectivity index (χ0n) is 11.9. The number of anilines is 1. The van der Waals surface area contributed by atoms with Gasteiger partial charge in [0.25, 0.3) is 0 Å². The minimum Gasteiger partial charge on any atom is -0.495 e. The Bertz CT molecular complexity index is 366. The summed E-state index contributed by atoms with van der Waals surface area (Å²) in [5.74, 6) is 0.915. The number of hydrogen-bond acceptors (Lipinski definition) is 2. The van der Waals surface area contributed by atoms with Crippen molar-refractivity contribution in [2.24, 2.45) is 0 Å². The highest BCUT2D eigenvalue weighted by atomic mass is 16.5. The van der Waals surface area contributed by atoms with Gasteiger partial charge in [0, 0.05) is 6.04 Å². The molecule has 0 aromatic heterocycles. The Labute approximate surface area is 105 Å². The number of methoxy groups -OCH3 is 1. The fourth-order valence-electron chi connectivity index (χ4n) is 1.65. The van der Waals surface area contributed by atoms with Crippen LogP contribution in [0.1, 0.15) is 46.6 Å². The van der Waals surface area contributed by atoms with Gasteiger partial charge in [0.05, 0.1) is 12.8 Å². The van der Waals surface area contributed by atoms with E-state index < -0.39 is 0 Å². The van der Waals surface area contributed by atoms with E-state index in [1.54, 1.807) is 7.11 Å². The Kier molecular flexibility index (Phi) is 4.44. The van der Waals surface area contributed by atoms with E-state index in [-0.39, 0.29) is 5.41 Å². The normalized spacial score (nSPS) is 13.3. The van der Waals surface area contributed by atoms with Gasteiger partial charge in [-0.25, -0.2) is 0 Å². The van der Waals surface area contributed by atoms with Crippen molar-refractivity contribution >= 4 is 5.69 Å². The SMILES string of the molecule is CCC(C)Nc1cc(C(C)(C)C)ccc1OC. The zero-order chi connectivity index (χ0) is 13.1. The first kappa shape index (κ1) is 13.9. The highest BCUT2D eigenvalue weighted by Crippen LogP contribution is 2.31. The van der Waals surface area contributed by atoms with Crippen LogP contribution in [0.2, 0.25) is 0 Å². The molecule has 1 aromatic carbocycles. The lowest BCUT2D eigenvalue weighted by molar-refractivity contribution is 0.415. The summed E-state index contributed by atoms with van der Waals surface area (Å²) in [6, 6.07) is 6.84. The molecule has 1 unspecified atom stereocenters. The van der Waals surface area contributed by atoms with Crippen LogP contribution < -0.4 is 10.1 Å². The van der Waals surface area contributed by atoms with Gasteiger partial charge in [-0.05, 0) is 36.5 Å². The summed E-state index contributed by atoms with van der Waals surface area (Å²) in [7, 11) is 1.72. The molecule has 1 atom stereocenters. The molecule has 17 heavy (non-hydrogen) atoms. The summed E-state index contributed by atoms with van der Waals surface area (Å²) in [4.78, 5) is 0. The molecular formula is C15H25NO. The quantitative estimate of drug-likeness (QED) is 0.844. The standard InChI is InChI=1S/C15H25NO/c1-7-11(2)16-13-10-12(15(3,4)5)8-9-14(13)17-6/h8-11,16H,7H2,1-6H3. The van der Waals surface area contributed by atoms with Crippen LogP contribution in [-0.4, -0.2) is 13.2 Å². The lowest BCUT2D eigenvalue weighted by atomic mass is 9.86. The third kappa shape index (κ3) is 3.65. The molecule has 2 nitrogen and oxygen atoms in total. The summed E-state index contributed by atoms with van der Waals surface area (Å²) < 4.78 is 5.40. The predicted molar refractivity (Wildman–Crippen MR) is 75.1 cm³/mol. The largest absolute Gasteiger partial charge is 0.495 e. The Morgan fingerprint density at radius 1 is 1.29 bits per heavy atom. The topological polar surface area (TPSA) is 21.3 Å². The van der Waals surface area contributed by atoms with Crippen LogP contribution in [0, 0.1) is 0 Å². The Balaban J connectivity index is 3.07. The van der Waals surface area contributed by atoms with Crippen molar-refractivity contribution in [3.8, 4) is 5.75 Å². The second-order valence-corrected chi connectivity index (χ2v) is 5.62. The van der Waals surface area contributed by atoms with Gasteiger partial charge in [-0.2, -0.15) is 0 Å². The molecule has 0 aliphatic rings. The molecule has 0 amide bonds. The van der Waals surface area contributed by atoms with E-state index in [2.05, 4.69) is 52.1 Å².